The van der Waals surface area contributed by atoms with Crippen LogP contribution in [0.25, 0.3) is 0 Å². The van der Waals surface area contributed by atoms with Crippen LogP contribution in [0.2, 0.25) is 0 Å². The summed E-state index contributed by atoms with van der Waals surface area (Å²) in [6, 6.07) is 13.1. The number of methoxy groups -OCH3 is 3. The summed E-state index contributed by atoms with van der Waals surface area (Å²) in [5, 5.41) is 35.1. The summed E-state index contributed by atoms with van der Waals surface area (Å²) in [7, 11) is 4.12. The molecule has 3 heterocycles. The quantitative estimate of drug-likeness (QED) is 0.159. The molecule has 0 spiro atoms. The molecule has 0 unspecified atom stereocenters. The van der Waals surface area contributed by atoms with Gasteiger partial charge in [0, 0.05) is 56.5 Å². The zero-order valence-corrected chi connectivity index (χ0v) is 37.1. The molecule has 0 saturated carbocycles. The Balaban J connectivity index is 0.000000233. The SMILES string of the molecule is CC(C)(C)OC(=O)N1CC(N)C1.COc1cc(CC2CN(C(=O)OC(C)(C)C)C2)ccc1[N+](=O)[O-].COc1cc(CC2CNC2)ccc1[N+](=O)[O-].COc1cc(F)ccc1[N+](=O)[O-]. The van der Waals surface area contributed by atoms with E-state index in [0.29, 0.717) is 43.8 Å². The lowest BCUT2D eigenvalue weighted by Crippen LogP contribution is -2.58. The number of carbonyl (C=O) groups excluding carboxylic acids is 2. The standard InChI is InChI=1S/C16H22N2O5.C11H14N2O3.C8H16N2O2.C7H6FNO3/c1-16(2,3)23-15(19)17-9-12(10-17)7-11-5-6-13(18(20)21)14(8-11)22-4;1-16-11-5-8(4-9-6-12-7-9)2-3-10(11)13(14)15;1-8(2,3)12-7(11)10-4-6(9)5-10;1-12-7-4-5(8)2-3-6(7)9(10)11/h5-6,8,12H,7,9-10H2,1-4H3;2-3,5,9,12H,4,6-7H2,1H3;6H,4-5,9H2,1-3H3;2-4H,1H3. The number of hydrogen-bond donors (Lipinski definition) is 2. The number of ether oxygens (including phenoxy) is 5. The summed E-state index contributed by atoms with van der Waals surface area (Å²) in [6.07, 6.45) is 1.13. The minimum absolute atomic E-state index is 0.0259. The molecule has 63 heavy (non-hydrogen) atoms. The van der Waals surface area contributed by atoms with Crippen molar-refractivity contribution < 1.29 is 52.4 Å². The minimum atomic E-state index is -0.627. The van der Waals surface area contributed by atoms with Crippen LogP contribution in [-0.2, 0) is 22.3 Å². The van der Waals surface area contributed by atoms with Crippen molar-refractivity contribution in [2.75, 3.05) is 60.6 Å². The molecular weight excluding hydrogens is 829 g/mol. The van der Waals surface area contributed by atoms with Crippen molar-refractivity contribution in [3.63, 3.8) is 0 Å². The predicted molar refractivity (Wildman–Crippen MR) is 230 cm³/mol. The highest BCUT2D eigenvalue weighted by atomic mass is 19.1. The molecule has 0 aliphatic carbocycles. The Kier molecular flexibility index (Phi) is 18.3. The summed E-state index contributed by atoms with van der Waals surface area (Å²) >= 11 is 0. The molecule has 346 valence electrons. The van der Waals surface area contributed by atoms with Gasteiger partial charge in [-0.25, -0.2) is 14.0 Å². The normalized spacial score (nSPS) is 14.8. The maximum atomic E-state index is 12.5. The number of nitro benzene ring substituents is 3. The number of nitrogens with one attached hydrogen (secondary N) is 1. The van der Waals surface area contributed by atoms with Gasteiger partial charge in [-0.2, -0.15) is 0 Å². The minimum Gasteiger partial charge on any atom is -0.490 e. The lowest BCUT2D eigenvalue weighted by molar-refractivity contribution is -0.385. The summed E-state index contributed by atoms with van der Waals surface area (Å²) < 4.78 is 37.6. The summed E-state index contributed by atoms with van der Waals surface area (Å²) in [5.74, 6) is 0.947. The number of hydrogen-bond acceptors (Lipinski definition) is 15. The average molecular weight is 888 g/mol. The molecule has 3 aromatic rings. The van der Waals surface area contributed by atoms with Gasteiger partial charge in [0.15, 0.2) is 17.2 Å². The number of halogens is 1. The van der Waals surface area contributed by atoms with Crippen LogP contribution in [0.4, 0.5) is 31.0 Å². The molecule has 3 N–H and O–H groups in total. The maximum Gasteiger partial charge on any atom is 0.410 e. The molecular formula is C42H58FN7O13. The van der Waals surface area contributed by atoms with Gasteiger partial charge in [-0.15, -0.1) is 0 Å². The topological polar surface area (TPSA) is 254 Å². The molecule has 6 rings (SSSR count). The number of nitrogens with two attached hydrogens (primary N) is 1. The van der Waals surface area contributed by atoms with Gasteiger partial charge in [0.25, 0.3) is 0 Å². The molecule has 3 fully saturated rings. The number of nitro groups is 3. The monoisotopic (exact) mass is 887 g/mol. The van der Waals surface area contributed by atoms with Crippen LogP contribution in [0.3, 0.4) is 0 Å². The van der Waals surface area contributed by atoms with Crippen molar-refractivity contribution in [2.24, 2.45) is 17.6 Å². The summed E-state index contributed by atoms with van der Waals surface area (Å²) in [6.45, 7) is 15.6. The van der Waals surface area contributed by atoms with E-state index >= 15 is 0 Å². The van der Waals surface area contributed by atoms with E-state index in [4.69, 9.17) is 24.7 Å². The Morgan fingerprint density at radius 2 is 1.02 bits per heavy atom. The lowest BCUT2D eigenvalue weighted by atomic mass is 9.92. The molecule has 2 amide bonds. The second kappa shape index (κ2) is 22.7. The van der Waals surface area contributed by atoms with E-state index in [0.717, 1.165) is 55.3 Å². The van der Waals surface area contributed by atoms with Gasteiger partial charge < -0.3 is 44.5 Å². The molecule has 0 radical (unpaired) electrons. The summed E-state index contributed by atoms with van der Waals surface area (Å²) in [4.78, 5) is 56.7. The number of likely N-dealkylation sites (tertiary alicyclic amines) is 2. The van der Waals surface area contributed by atoms with Crippen molar-refractivity contribution in [1.82, 2.24) is 15.1 Å². The molecule has 0 bridgehead atoms. The Morgan fingerprint density at radius 1 is 0.651 bits per heavy atom. The smallest absolute Gasteiger partial charge is 0.410 e. The molecule has 3 aliphatic rings. The van der Waals surface area contributed by atoms with Crippen LogP contribution in [0.5, 0.6) is 17.2 Å². The van der Waals surface area contributed by atoms with E-state index in [2.05, 4.69) is 10.1 Å². The Bertz CT molecular complexity index is 2060. The van der Waals surface area contributed by atoms with Crippen LogP contribution in [0.15, 0.2) is 54.6 Å². The van der Waals surface area contributed by atoms with Crippen LogP contribution in [0, 0.1) is 48.0 Å². The van der Waals surface area contributed by atoms with Gasteiger partial charge in [0.05, 0.1) is 36.1 Å². The van der Waals surface area contributed by atoms with E-state index in [1.807, 2.05) is 41.5 Å². The van der Waals surface area contributed by atoms with Crippen LogP contribution < -0.4 is 25.3 Å². The second-order valence-electron chi connectivity index (χ2n) is 16.9. The van der Waals surface area contributed by atoms with Gasteiger partial charge in [-0.05, 0) is 109 Å². The third kappa shape index (κ3) is 16.5. The fourth-order valence-electron chi connectivity index (χ4n) is 6.12. The molecule has 0 atom stereocenters. The first-order valence-corrected chi connectivity index (χ1v) is 20.0. The maximum absolute atomic E-state index is 12.5. The Hall–Kier alpha value is -6.35. The van der Waals surface area contributed by atoms with Crippen LogP contribution >= 0.6 is 0 Å². The highest BCUT2D eigenvalue weighted by molar-refractivity contribution is 5.69. The fourth-order valence-corrected chi connectivity index (χ4v) is 6.12. The van der Waals surface area contributed by atoms with Gasteiger partial charge in [-0.1, -0.05) is 12.1 Å². The second-order valence-corrected chi connectivity index (χ2v) is 16.9. The zero-order chi connectivity index (χ0) is 47.2. The number of nitrogens with zero attached hydrogens (tertiary/aromatic N) is 5. The molecule has 0 aromatic heterocycles. The average Bonchev–Trinajstić information content (AvgIpc) is 3.15. The van der Waals surface area contributed by atoms with Crippen molar-refractivity contribution in [3.05, 3.63) is 102 Å². The molecule has 3 aromatic carbocycles. The largest absolute Gasteiger partial charge is 0.490 e. The van der Waals surface area contributed by atoms with E-state index in [-0.39, 0.29) is 46.8 Å². The van der Waals surface area contributed by atoms with E-state index in [1.165, 1.54) is 33.5 Å². The van der Waals surface area contributed by atoms with E-state index in [1.54, 1.807) is 34.1 Å². The van der Waals surface area contributed by atoms with E-state index in [9.17, 15) is 44.3 Å². The van der Waals surface area contributed by atoms with Crippen LogP contribution in [-0.4, -0.2) is 115 Å². The van der Waals surface area contributed by atoms with Crippen molar-refractivity contribution >= 4 is 29.2 Å². The zero-order valence-electron chi connectivity index (χ0n) is 37.1. The number of carbonyl (C=O) groups is 2. The molecule has 3 saturated heterocycles. The van der Waals surface area contributed by atoms with Gasteiger partial charge in [-0.3, -0.25) is 30.3 Å². The molecule has 3 aliphatic heterocycles. The number of rotatable bonds is 10. The van der Waals surface area contributed by atoms with Gasteiger partial charge in [0.1, 0.15) is 17.0 Å². The lowest BCUT2D eigenvalue weighted by Gasteiger charge is -2.39. The fraction of sp³-hybridized carbons (Fsp3) is 0.524. The third-order valence-electron chi connectivity index (χ3n) is 9.31. The molecule has 20 nitrogen and oxygen atoms in total. The van der Waals surface area contributed by atoms with E-state index < -0.39 is 31.8 Å². The van der Waals surface area contributed by atoms with Gasteiger partial charge >= 0.3 is 29.2 Å². The first-order chi connectivity index (χ1) is 29.4. The van der Waals surface area contributed by atoms with Crippen molar-refractivity contribution in [3.8, 4) is 17.2 Å². The first-order valence-electron chi connectivity index (χ1n) is 20.0. The number of amides is 2. The number of benzene rings is 3. The highest BCUT2D eigenvalue weighted by Gasteiger charge is 2.34. The van der Waals surface area contributed by atoms with Crippen LogP contribution in [0.1, 0.15) is 52.7 Å². The third-order valence-corrected chi connectivity index (χ3v) is 9.31. The predicted octanol–water partition coefficient (Wildman–Crippen LogP) is 6.69. The van der Waals surface area contributed by atoms with Crippen molar-refractivity contribution in [2.45, 2.75) is 71.6 Å². The Morgan fingerprint density at radius 3 is 1.35 bits per heavy atom. The highest BCUT2D eigenvalue weighted by Crippen LogP contribution is 2.31. The first kappa shape index (κ1) is 51.0. The Labute approximate surface area is 365 Å². The van der Waals surface area contributed by atoms with Gasteiger partial charge in [0.2, 0.25) is 0 Å². The molecule has 21 heteroatoms. The van der Waals surface area contributed by atoms with Crippen molar-refractivity contribution in [1.29, 1.82) is 0 Å². The summed E-state index contributed by atoms with van der Waals surface area (Å²) in [5.41, 5.74) is 6.42.